The van der Waals surface area contributed by atoms with Crippen LogP contribution in [0.4, 0.5) is 5.69 Å². The van der Waals surface area contributed by atoms with E-state index in [1.54, 1.807) is 0 Å². The Morgan fingerprint density at radius 3 is 2.68 bits per heavy atom. The molecular weight excluding hydrogens is 230 g/mol. The van der Waals surface area contributed by atoms with Crippen LogP contribution in [0.1, 0.15) is 25.3 Å². The Morgan fingerprint density at radius 1 is 1.11 bits per heavy atom. The highest BCUT2D eigenvalue weighted by atomic mass is 15.2. The van der Waals surface area contributed by atoms with Crippen LogP contribution in [0, 0.1) is 0 Å². The van der Waals surface area contributed by atoms with E-state index in [4.69, 9.17) is 0 Å². The Labute approximate surface area is 115 Å². The maximum absolute atomic E-state index is 2.44. The van der Waals surface area contributed by atoms with Crippen LogP contribution in [0.3, 0.4) is 0 Å². The van der Waals surface area contributed by atoms with Gasteiger partial charge in [-0.1, -0.05) is 54.7 Å². The SMILES string of the molecule is C/C=C\C(=C/C)N1c2ccccc2C2C=CC=CC21. The van der Waals surface area contributed by atoms with Crippen molar-refractivity contribution in [2.75, 3.05) is 4.90 Å². The van der Waals surface area contributed by atoms with Crippen molar-refractivity contribution in [3.05, 3.63) is 78.1 Å². The van der Waals surface area contributed by atoms with Gasteiger partial charge in [-0.15, -0.1) is 0 Å². The molecule has 0 radical (unpaired) electrons. The van der Waals surface area contributed by atoms with Crippen LogP contribution in [-0.2, 0) is 0 Å². The van der Waals surface area contributed by atoms with Crippen molar-refractivity contribution in [1.29, 1.82) is 0 Å². The van der Waals surface area contributed by atoms with E-state index in [0.717, 1.165) is 0 Å². The predicted octanol–water partition coefficient (Wildman–Crippen LogP) is 4.56. The largest absolute Gasteiger partial charge is 0.334 e. The molecule has 1 nitrogen and oxygen atoms in total. The van der Waals surface area contributed by atoms with Crippen molar-refractivity contribution < 1.29 is 0 Å². The van der Waals surface area contributed by atoms with Crippen molar-refractivity contribution in [2.24, 2.45) is 0 Å². The summed E-state index contributed by atoms with van der Waals surface area (Å²) in [6.45, 7) is 4.17. The van der Waals surface area contributed by atoms with E-state index in [2.05, 4.69) is 85.5 Å². The van der Waals surface area contributed by atoms with Gasteiger partial charge < -0.3 is 4.90 Å². The molecule has 1 aromatic rings. The summed E-state index contributed by atoms with van der Waals surface area (Å²) in [5, 5.41) is 0. The number of nitrogens with zero attached hydrogens (tertiary/aromatic N) is 1. The molecule has 1 heterocycles. The molecule has 0 spiro atoms. The number of allylic oxidation sites excluding steroid dienone is 5. The molecule has 0 saturated heterocycles. The number of benzene rings is 1. The number of para-hydroxylation sites is 1. The number of fused-ring (bicyclic) bond motifs is 3. The molecule has 0 amide bonds. The summed E-state index contributed by atoms with van der Waals surface area (Å²) in [6.07, 6.45) is 15.4. The highest BCUT2D eigenvalue weighted by Gasteiger charge is 2.36. The fourth-order valence-corrected chi connectivity index (χ4v) is 3.08. The second kappa shape index (κ2) is 4.93. The molecule has 2 unspecified atom stereocenters. The van der Waals surface area contributed by atoms with Crippen molar-refractivity contribution in [3.8, 4) is 0 Å². The third-order valence-electron chi connectivity index (χ3n) is 3.87. The number of hydrogen-bond acceptors (Lipinski definition) is 1. The first kappa shape index (κ1) is 12.0. The molecule has 0 saturated carbocycles. The normalized spacial score (nSPS) is 24.9. The summed E-state index contributed by atoms with van der Waals surface area (Å²) in [4.78, 5) is 2.44. The molecule has 1 aliphatic carbocycles. The maximum Gasteiger partial charge on any atom is 0.0629 e. The van der Waals surface area contributed by atoms with E-state index < -0.39 is 0 Å². The van der Waals surface area contributed by atoms with E-state index in [1.807, 2.05) is 0 Å². The van der Waals surface area contributed by atoms with Gasteiger partial charge in [-0.05, 0) is 31.6 Å². The molecule has 19 heavy (non-hydrogen) atoms. The maximum atomic E-state index is 2.44. The Hall–Kier alpha value is -2.02. The predicted molar refractivity (Wildman–Crippen MR) is 82.3 cm³/mol. The van der Waals surface area contributed by atoms with Gasteiger partial charge >= 0.3 is 0 Å². The third-order valence-corrected chi connectivity index (χ3v) is 3.87. The van der Waals surface area contributed by atoms with Crippen LogP contribution in [-0.4, -0.2) is 6.04 Å². The highest BCUT2D eigenvalue weighted by Crippen LogP contribution is 2.45. The zero-order chi connectivity index (χ0) is 13.2. The fourth-order valence-electron chi connectivity index (χ4n) is 3.08. The summed E-state index contributed by atoms with van der Waals surface area (Å²) in [5.74, 6) is 0.474. The molecule has 96 valence electrons. The summed E-state index contributed by atoms with van der Waals surface area (Å²) < 4.78 is 0. The summed E-state index contributed by atoms with van der Waals surface area (Å²) >= 11 is 0. The van der Waals surface area contributed by atoms with Crippen LogP contribution in [0.5, 0.6) is 0 Å². The summed E-state index contributed by atoms with van der Waals surface area (Å²) in [7, 11) is 0. The zero-order valence-corrected chi connectivity index (χ0v) is 11.5. The molecule has 1 aliphatic heterocycles. The van der Waals surface area contributed by atoms with Crippen LogP contribution in [0.2, 0.25) is 0 Å². The van der Waals surface area contributed by atoms with Gasteiger partial charge in [0.2, 0.25) is 0 Å². The zero-order valence-electron chi connectivity index (χ0n) is 11.5. The number of anilines is 1. The fraction of sp³-hybridized carbons (Fsp3) is 0.222. The van der Waals surface area contributed by atoms with Gasteiger partial charge in [0, 0.05) is 17.3 Å². The first-order valence-corrected chi connectivity index (χ1v) is 6.89. The van der Waals surface area contributed by atoms with Gasteiger partial charge in [-0.2, -0.15) is 0 Å². The van der Waals surface area contributed by atoms with Crippen LogP contribution < -0.4 is 4.90 Å². The van der Waals surface area contributed by atoms with E-state index >= 15 is 0 Å². The van der Waals surface area contributed by atoms with Gasteiger partial charge in [-0.25, -0.2) is 0 Å². The van der Waals surface area contributed by atoms with Gasteiger partial charge in [0.25, 0.3) is 0 Å². The molecule has 0 fully saturated rings. The molecule has 2 aliphatic rings. The quantitative estimate of drug-likeness (QED) is 0.694. The minimum atomic E-state index is 0.407. The molecule has 3 rings (SSSR count). The molecule has 0 N–H and O–H groups in total. The molecule has 1 heteroatoms. The lowest BCUT2D eigenvalue weighted by molar-refractivity contribution is 0.729. The van der Waals surface area contributed by atoms with Crippen molar-refractivity contribution in [1.82, 2.24) is 0 Å². The van der Waals surface area contributed by atoms with Gasteiger partial charge in [-0.3, -0.25) is 0 Å². The number of rotatable bonds is 2. The summed E-state index contributed by atoms with van der Waals surface area (Å²) in [5.41, 5.74) is 4.03. The Kier molecular flexibility index (Phi) is 3.12. The van der Waals surface area contributed by atoms with Crippen LogP contribution in [0.25, 0.3) is 0 Å². The smallest absolute Gasteiger partial charge is 0.0629 e. The summed E-state index contributed by atoms with van der Waals surface area (Å²) in [6, 6.07) is 9.14. The Morgan fingerprint density at radius 2 is 1.89 bits per heavy atom. The average molecular weight is 249 g/mol. The third kappa shape index (κ3) is 1.86. The lowest BCUT2D eigenvalue weighted by Gasteiger charge is -2.29. The second-order valence-corrected chi connectivity index (χ2v) is 4.93. The molecule has 1 aromatic carbocycles. The van der Waals surface area contributed by atoms with Gasteiger partial charge in [0.15, 0.2) is 0 Å². The monoisotopic (exact) mass is 249 g/mol. The van der Waals surface area contributed by atoms with Crippen LogP contribution in [0.15, 0.2) is 72.5 Å². The molecular formula is C18H19N. The lowest BCUT2D eigenvalue weighted by Crippen LogP contribution is -2.31. The van der Waals surface area contributed by atoms with Crippen molar-refractivity contribution in [2.45, 2.75) is 25.8 Å². The Balaban J connectivity index is 2.13. The standard InChI is InChI=1S/C18H19N/c1-3-9-14(4-2)19-17-12-7-5-10-15(17)16-11-6-8-13-18(16)19/h3-13,15,17H,1-2H3/b9-3-,14-4+. The van der Waals surface area contributed by atoms with Crippen LogP contribution >= 0.6 is 0 Å². The average Bonchev–Trinajstić information content (AvgIpc) is 2.80. The van der Waals surface area contributed by atoms with Crippen molar-refractivity contribution in [3.63, 3.8) is 0 Å². The minimum Gasteiger partial charge on any atom is -0.334 e. The van der Waals surface area contributed by atoms with Gasteiger partial charge in [0.1, 0.15) is 0 Å². The number of hydrogen-bond donors (Lipinski definition) is 0. The lowest BCUT2D eigenvalue weighted by atomic mass is 9.91. The second-order valence-electron chi connectivity index (χ2n) is 4.93. The molecule has 2 atom stereocenters. The highest BCUT2D eigenvalue weighted by molar-refractivity contribution is 5.70. The first-order valence-electron chi connectivity index (χ1n) is 6.89. The van der Waals surface area contributed by atoms with E-state index in [9.17, 15) is 0 Å². The molecule has 0 aromatic heterocycles. The topological polar surface area (TPSA) is 3.24 Å². The van der Waals surface area contributed by atoms with E-state index in [0.29, 0.717) is 12.0 Å². The minimum absolute atomic E-state index is 0.407. The van der Waals surface area contributed by atoms with Crippen molar-refractivity contribution >= 4 is 5.69 Å². The van der Waals surface area contributed by atoms with E-state index in [1.165, 1.54) is 16.9 Å². The van der Waals surface area contributed by atoms with Gasteiger partial charge in [0.05, 0.1) is 6.04 Å². The molecule has 0 bridgehead atoms. The Bertz CT molecular complexity index is 589. The van der Waals surface area contributed by atoms with E-state index in [-0.39, 0.29) is 0 Å². The first-order chi connectivity index (χ1) is 9.36.